The van der Waals surface area contributed by atoms with Crippen LogP contribution in [0.1, 0.15) is 37.1 Å². The SMILES string of the molecule is CC(NC(=O)CN(C)C1CCCNCC1)c1cccs1. The monoisotopic (exact) mass is 295 g/mol. The number of thiophene rings is 1. The van der Waals surface area contributed by atoms with Crippen LogP contribution in [0.2, 0.25) is 0 Å². The molecule has 1 aromatic rings. The molecule has 0 bridgehead atoms. The minimum absolute atomic E-state index is 0.103. The van der Waals surface area contributed by atoms with Crippen LogP contribution in [0, 0.1) is 0 Å². The van der Waals surface area contributed by atoms with Crippen molar-refractivity contribution in [2.24, 2.45) is 0 Å². The molecule has 4 nitrogen and oxygen atoms in total. The van der Waals surface area contributed by atoms with Gasteiger partial charge >= 0.3 is 0 Å². The molecule has 0 radical (unpaired) electrons. The second-order valence-corrected chi connectivity index (χ2v) is 6.53. The van der Waals surface area contributed by atoms with Crippen molar-refractivity contribution in [1.29, 1.82) is 0 Å². The molecular weight excluding hydrogens is 270 g/mol. The van der Waals surface area contributed by atoms with Gasteiger partial charge in [-0.1, -0.05) is 6.07 Å². The molecule has 2 unspecified atom stereocenters. The molecule has 1 aliphatic heterocycles. The summed E-state index contributed by atoms with van der Waals surface area (Å²) < 4.78 is 0. The van der Waals surface area contributed by atoms with Gasteiger partial charge in [-0.15, -0.1) is 11.3 Å². The number of rotatable bonds is 5. The van der Waals surface area contributed by atoms with E-state index < -0.39 is 0 Å². The fourth-order valence-corrected chi connectivity index (χ4v) is 3.43. The zero-order valence-electron chi connectivity index (χ0n) is 12.4. The van der Waals surface area contributed by atoms with E-state index in [9.17, 15) is 4.79 Å². The summed E-state index contributed by atoms with van der Waals surface area (Å²) in [7, 11) is 2.06. The van der Waals surface area contributed by atoms with E-state index in [4.69, 9.17) is 0 Å². The van der Waals surface area contributed by atoms with Gasteiger partial charge in [0.25, 0.3) is 0 Å². The third kappa shape index (κ3) is 4.58. The molecule has 0 aromatic carbocycles. The number of nitrogens with one attached hydrogen (secondary N) is 2. The highest BCUT2D eigenvalue weighted by Gasteiger charge is 2.19. The average Bonchev–Trinajstić information content (AvgIpc) is 2.81. The first-order chi connectivity index (χ1) is 9.66. The molecule has 0 spiro atoms. The van der Waals surface area contributed by atoms with Crippen LogP contribution < -0.4 is 10.6 Å². The standard InChI is InChI=1S/C15H25N3OS/c1-12(14-6-4-10-20-14)17-15(19)11-18(2)13-5-3-8-16-9-7-13/h4,6,10,12-13,16H,3,5,7-9,11H2,1-2H3,(H,17,19). The van der Waals surface area contributed by atoms with Gasteiger partial charge in [-0.3, -0.25) is 9.69 Å². The Kier molecular flexibility index (Phi) is 6.01. The predicted octanol–water partition coefficient (Wildman–Crippen LogP) is 2.00. The summed E-state index contributed by atoms with van der Waals surface area (Å²) >= 11 is 1.69. The Bertz CT molecular complexity index is 399. The Labute approximate surface area is 125 Å². The molecule has 1 aliphatic rings. The molecule has 5 heteroatoms. The van der Waals surface area contributed by atoms with Crippen molar-refractivity contribution >= 4 is 17.2 Å². The predicted molar refractivity (Wildman–Crippen MR) is 84.0 cm³/mol. The first-order valence-corrected chi connectivity index (χ1v) is 8.28. The Morgan fingerprint density at radius 2 is 2.40 bits per heavy atom. The number of amides is 1. The van der Waals surface area contributed by atoms with E-state index in [0.717, 1.165) is 19.5 Å². The Hall–Kier alpha value is -0.910. The summed E-state index contributed by atoms with van der Waals surface area (Å²) in [6, 6.07) is 4.71. The summed E-state index contributed by atoms with van der Waals surface area (Å²) in [6.45, 7) is 4.69. The second-order valence-electron chi connectivity index (χ2n) is 5.55. The van der Waals surface area contributed by atoms with Crippen LogP contribution in [0.15, 0.2) is 17.5 Å². The fraction of sp³-hybridized carbons (Fsp3) is 0.667. The topological polar surface area (TPSA) is 44.4 Å². The van der Waals surface area contributed by atoms with E-state index in [1.807, 2.05) is 18.4 Å². The smallest absolute Gasteiger partial charge is 0.234 e. The average molecular weight is 295 g/mol. The second kappa shape index (κ2) is 7.76. The van der Waals surface area contributed by atoms with Gasteiger partial charge in [0.05, 0.1) is 12.6 Å². The first kappa shape index (κ1) is 15.5. The molecule has 2 rings (SSSR count). The molecule has 0 aliphatic carbocycles. The minimum Gasteiger partial charge on any atom is -0.348 e. The van der Waals surface area contributed by atoms with E-state index in [-0.39, 0.29) is 11.9 Å². The van der Waals surface area contributed by atoms with Gasteiger partial charge in [0.2, 0.25) is 5.91 Å². The fourth-order valence-electron chi connectivity index (χ4n) is 2.69. The summed E-state index contributed by atoms with van der Waals surface area (Å²) in [5.41, 5.74) is 0. The molecule has 2 atom stereocenters. The number of hydrogen-bond acceptors (Lipinski definition) is 4. The summed E-state index contributed by atoms with van der Waals surface area (Å²) in [4.78, 5) is 15.5. The lowest BCUT2D eigenvalue weighted by atomic mass is 10.1. The van der Waals surface area contributed by atoms with Crippen molar-refractivity contribution < 1.29 is 4.79 Å². The zero-order valence-corrected chi connectivity index (χ0v) is 13.2. The van der Waals surface area contributed by atoms with Crippen molar-refractivity contribution in [3.63, 3.8) is 0 Å². The highest BCUT2D eigenvalue weighted by atomic mass is 32.1. The lowest BCUT2D eigenvalue weighted by Gasteiger charge is -2.26. The Balaban J connectivity index is 1.78. The zero-order chi connectivity index (χ0) is 14.4. The Morgan fingerprint density at radius 3 is 3.15 bits per heavy atom. The highest BCUT2D eigenvalue weighted by Crippen LogP contribution is 2.18. The van der Waals surface area contributed by atoms with Gasteiger partial charge in [-0.25, -0.2) is 0 Å². The normalized spacial score (nSPS) is 21.4. The van der Waals surface area contributed by atoms with E-state index in [1.165, 1.54) is 17.7 Å². The quantitative estimate of drug-likeness (QED) is 0.873. The van der Waals surface area contributed by atoms with Crippen LogP contribution in [0.25, 0.3) is 0 Å². The number of hydrogen-bond donors (Lipinski definition) is 2. The van der Waals surface area contributed by atoms with E-state index in [1.54, 1.807) is 11.3 Å². The molecule has 1 aromatic heterocycles. The third-order valence-corrected chi connectivity index (χ3v) is 4.96. The van der Waals surface area contributed by atoms with Crippen LogP contribution in [0.5, 0.6) is 0 Å². The van der Waals surface area contributed by atoms with Crippen molar-refractivity contribution in [3.8, 4) is 0 Å². The van der Waals surface area contributed by atoms with Crippen LogP contribution >= 0.6 is 11.3 Å². The van der Waals surface area contributed by atoms with Crippen molar-refractivity contribution in [1.82, 2.24) is 15.5 Å². The lowest BCUT2D eigenvalue weighted by molar-refractivity contribution is -0.123. The first-order valence-electron chi connectivity index (χ1n) is 7.40. The van der Waals surface area contributed by atoms with Crippen LogP contribution in [0.4, 0.5) is 0 Å². The molecule has 0 saturated carbocycles. The maximum Gasteiger partial charge on any atom is 0.234 e. The molecule has 20 heavy (non-hydrogen) atoms. The number of carbonyl (C=O) groups excluding carboxylic acids is 1. The molecule has 1 fully saturated rings. The largest absolute Gasteiger partial charge is 0.348 e. The van der Waals surface area contributed by atoms with Gasteiger partial charge in [0, 0.05) is 10.9 Å². The number of nitrogens with zero attached hydrogens (tertiary/aromatic N) is 1. The minimum atomic E-state index is 0.103. The van der Waals surface area contributed by atoms with Crippen molar-refractivity contribution in [3.05, 3.63) is 22.4 Å². The van der Waals surface area contributed by atoms with Crippen molar-refractivity contribution in [2.75, 3.05) is 26.7 Å². The molecule has 2 heterocycles. The van der Waals surface area contributed by atoms with Crippen LogP contribution in [-0.4, -0.2) is 43.5 Å². The molecule has 1 saturated heterocycles. The van der Waals surface area contributed by atoms with Gasteiger partial charge in [-0.05, 0) is 57.8 Å². The summed E-state index contributed by atoms with van der Waals surface area (Å²) in [5, 5.41) is 8.54. The van der Waals surface area contributed by atoms with E-state index in [2.05, 4.69) is 28.6 Å². The summed E-state index contributed by atoms with van der Waals surface area (Å²) in [6.07, 6.45) is 3.50. The van der Waals surface area contributed by atoms with Gasteiger partial charge in [0.1, 0.15) is 0 Å². The number of likely N-dealkylation sites (N-methyl/N-ethyl adjacent to an activating group) is 1. The maximum atomic E-state index is 12.1. The Morgan fingerprint density at radius 1 is 1.55 bits per heavy atom. The third-order valence-electron chi connectivity index (χ3n) is 3.91. The highest BCUT2D eigenvalue weighted by molar-refractivity contribution is 7.10. The molecule has 1 amide bonds. The van der Waals surface area contributed by atoms with Gasteiger partial charge in [0.15, 0.2) is 0 Å². The van der Waals surface area contributed by atoms with Crippen LogP contribution in [-0.2, 0) is 4.79 Å². The summed E-state index contributed by atoms with van der Waals surface area (Å²) in [5.74, 6) is 0.116. The lowest BCUT2D eigenvalue weighted by Crippen LogP contribution is -2.41. The van der Waals surface area contributed by atoms with Gasteiger partial charge in [-0.2, -0.15) is 0 Å². The molecular formula is C15H25N3OS. The molecule has 2 N–H and O–H groups in total. The van der Waals surface area contributed by atoms with E-state index in [0.29, 0.717) is 12.6 Å². The van der Waals surface area contributed by atoms with E-state index >= 15 is 0 Å². The van der Waals surface area contributed by atoms with Crippen LogP contribution in [0.3, 0.4) is 0 Å². The number of carbonyl (C=O) groups is 1. The van der Waals surface area contributed by atoms with Crippen molar-refractivity contribution in [2.45, 2.75) is 38.3 Å². The molecule has 112 valence electrons. The maximum absolute atomic E-state index is 12.1. The van der Waals surface area contributed by atoms with Gasteiger partial charge < -0.3 is 10.6 Å².